The molecule has 0 aliphatic carbocycles. The molecule has 0 amide bonds. The largest absolute Gasteiger partial charge is 0.508 e. The van der Waals surface area contributed by atoms with Crippen LogP contribution in [0, 0.1) is 0 Å². The topological polar surface area (TPSA) is 55.8 Å². The fourth-order valence-corrected chi connectivity index (χ4v) is 3.16. The molecule has 3 aromatic carbocycles. The number of ketones is 1. The van der Waals surface area contributed by atoms with Crippen molar-refractivity contribution in [3.63, 3.8) is 0 Å². The summed E-state index contributed by atoms with van der Waals surface area (Å²) in [6, 6.07) is 21.7. The van der Waals surface area contributed by atoms with E-state index >= 15 is 0 Å². The minimum absolute atomic E-state index is 0.0607. The van der Waals surface area contributed by atoms with Gasteiger partial charge in [-0.05, 0) is 41.5 Å². The van der Waals surface area contributed by atoms with Crippen LogP contribution in [0.2, 0.25) is 0 Å². The van der Waals surface area contributed by atoms with Crippen LogP contribution in [0.1, 0.15) is 27.6 Å². The van der Waals surface area contributed by atoms with Crippen molar-refractivity contribution in [3.8, 4) is 17.2 Å². The summed E-state index contributed by atoms with van der Waals surface area (Å²) < 4.78 is 11.4. The molecular weight excluding hydrogens is 340 g/mol. The highest BCUT2D eigenvalue weighted by atomic mass is 16.5. The molecule has 0 aromatic heterocycles. The highest BCUT2D eigenvalue weighted by Crippen LogP contribution is 2.40. The van der Waals surface area contributed by atoms with Crippen LogP contribution in [0.5, 0.6) is 17.2 Å². The van der Waals surface area contributed by atoms with E-state index < -0.39 is 6.10 Å². The number of hydrogen-bond acceptors (Lipinski definition) is 4. The maximum absolute atomic E-state index is 13.2. The van der Waals surface area contributed by atoms with Crippen molar-refractivity contribution in [1.29, 1.82) is 0 Å². The van der Waals surface area contributed by atoms with Gasteiger partial charge in [0.1, 0.15) is 17.2 Å². The van der Waals surface area contributed by atoms with Crippen LogP contribution < -0.4 is 9.47 Å². The van der Waals surface area contributed by atoms with E-state index in [1.807, 2.05) is 60.7 Å². The highest BCUT2D eigenvalue weighted by molar-refractivity contribution is 6.14. The summed E-state index contributed by atoms with van der Waals surface area (Å²) in [5, 5.41) is 9.78. The first-order chi connectivity index (χ1) is 13.2. The van der Waals surface area contributed by atoms with Gasteiger partial charge in [-0.15, -0.1) is 0 Å². The van der Waals surface area contributed by atoms with Crippen LogP contribution >= 0.6 is 0 Å². The van der Waals surface area contributed by atoms with Crippen molar-refractivity contribution in [2.45, 2.75) is 6.10 Å². The molecule has 0 bridgehead atoms. The zero-order valence-corrected chi connectivity index (χ0v) is 14.8. The second-order valence-electron chi connectivity index (χ2n) is 6.29. The zero-order chi connectivity index (χ0) is 18.8. The van der Waals surface area contributed by atoms with Crippen molar-refractivity contribution in [2.24, 2.45) is 0 Å². The van der Waals surface area contributed by atoms with E-state index in [0.717, 1.165) is 16.9 Å². The summed E-state index contributed by atoms with van der Waals surface area (Å²) in [7, 11) is 1.61. The van der Waals surface area contributed by atoms with Crippen LogP contribution in [0.4, 0.5) is 0 Å². The monoisotopic (exact) mass is 358 g/mol. The molecule has 0 fully saturated rings. The van der Waals surface area contributed by atoms with Crippen molar-refractivity contribution < 1.29 is 19.4 Å². The van der Waals surface area contributed by atoms with Gasteiger partial charge in [-0.2, -0.15) is 0 Å². The summed E-state index contributed by atoms with van der Waals surface area (Å²) in [4.78, 5) is 13.2. The Balaban J connectivity index is 1.84. The molecule has 4 heteroatoms. The number of aromatic hydroxyl groups is 1. The summed E-state index contributed by atoms with van der Waals surface area (Å²) in [5.41, 5.74) is 2.75. The number of methoxy groups -OCH3 is 1. The fraction of sp³-hybridized carbons (Fsp3) is 0.0870. The molecular formula is C23H18O4. The molecule has 4 nitrogen and oxygen atoms in total. The molecule has 134 valence electrons. The molecule has 0 radical (unpaired) electrons. The molecule has 1 N–H and O–H groups in total. The molecule has 0 saturated heterocycles. The number of carbonyl (C=O) groups is 1. The van der Waals surface area contributed by atoms with Gasteiger partial charge in [-0.3, -0.25) is 4.79 Å². The number of Topliss-reactive ketones (excluding diaryl/α,β-unsaturated/α-hetero) is 1. The van der Waals surface area contributed by atoms with Gasteiger partial charge in [0.25, 0.3) is 0 Å². The standard InChI is InChI=1S/C23H18O4/c1-26-18-10-7-16(8-11-18)23-20(13-15-5-3-2-4-6-15)22(25)19-12-9-17(24)14-21(19)27-23/h2-14,23-24H,1H3/b20-13-. The highest BCUT2D eigenvalue weighted by Gasteiger charge is 2.33. The summed E-state index contributed by atoms with van der Waals surface area (Å²) >= 11 is 0. The molecule has 1 aliphatic rings. The molecule has 0 saturated carbocycles. The maximum atomic E-state index is 13.2. The maximum Gasteiger partial charge on any atom is 0.196 e. The van der Waals surface area contributed by atoms with Gasteiger partial charge in [-0.1, -0.05) is 42.5 Å². The predicted octanol–water partition coefficient (Wildman–Crippen LogP) is 4.80. The summed E-state index contributed by atoms with van der Waals surface area (Å²) in [6.07, 6.45) is 1.28. The van der Waals surface area contributed by atoms with Crippen LogP contribution in [0.3, 0.4) is 0 Å². The van der Waals surface area contributed by atoms with E-state index in [9.17, 15) is 9.90 Å². The average Bonchev–Trinajstić information content (AvgIpc) is 2.70. The zero-order valence-electron chi connectivity index (χ0n) is 14.8. The Bertz CT molecular complexity index is 1000. The molecule has 1 unspecified atom stereocenters. The Labute approximate surface area is 157 Å². The van der Waals surface area contributed by atoms with E-state index in [-0.39, 0.29) is 11.5 Å². The lowest BCUT2D eigenvalue weighted by Crippen LogP contribution is -2.23. The number of benzene rings is 3. The Morgan fingerprint density at radius 1 is 1.00 bits per heavy atom. The number of phenolic OH excluding ortho intramolecular Hbond substituents is 1. The second-order valence-corrected chi connectivity index (χ2v) is 6.29. The van der Waals surface area contributed by atoms with Gasteiger partial charge in [0.15, 0.2) is 11.9 Å². The third kappa shape index (κ3) is 3.29. The Kier molecular flexibility index (Phi) is 4.38. The van der Waals surface area contributed by atoms with Gasteiger partial charge in [0.2, 0.25) is 0 Å². The molecule has 1 aliphatic heterocycles. The average molecular weight is 358 g/mol. The van der Waals surface area contributed by atoms with Crippen molar-refractivity contribution >= 4 is 11.9 Å². The summed E-state index contributed by atoms with van der Waals surface area (Å²) in [5.74, 6) is 1.06. The first-order valence-electron chi connectivity index (χ1n) is 8.60. The van der Waals surface area contributed by atoms with Crippen molar-refractivity contribution in [1.82, 2.24) is 0 Å². The Morgan fingerprint density at radius 3 is 2.44 bits per heavy atom. The van der Waals surface area contributed by atoms with Gasteiger partial charge in [-0.25, -0.2) is 0 Å². The molecule has 3 aromatic rings. The molecule has 1 atom stereocenters. The second kappa shape index (κ2) is 7.00. The first kappa shape index (κ1) is 16.9. The predicted molar refractivity (Wildman–Crippen MR) is 103 cm³/mol. The molecule has 0 spiro atoms. The minimum atomic E-state index is -0.571. The lowest BCUT2D eigenvalue weighted by atomic mass is 9.89. The van der Waals surface area contributed by atoms with Crippen molar-refractivity contribution in [2.75, 3.05) is 7.11 Å². The fourth-order valence-electron chi connectivity index (χ4n) is 3.16. The lowest BCUT2D eigenvalue weighted by molar-refractivity contribution is 0.0963. The Hall–Kier alpha value is -3.53. The van der Waals surface area contributed by atoms with E-state index in [1.165, 1.54) is 12.1 Å². The van der Waals surface area contributed by atoms with Crippen LogP contribution in [0.15, 0.2) is 78.4 Å². The molecule has 27 heavy (non-hydrogen) atoms. The smallest absolute Gasteiger partial charge is 0.196 e. The molecule has 4 rings (SSSR count). The van der Waals surface area contributed by atoms with E-state index in [1.54, 1.807) is 13.2 Å². The van der Waals surface area contributed by atoms with Crippen LogP contribution in [0.25, 0.3) is 6.08 Å². The van der Waals surface area contributed by atoms with Crippen LogP contribution in [-0.2, 0) is 0 Å². The van der Waals surface area contributed by atoms with E-state index in [2.05, 4.69) is 0 Å². The van der Waals surface area contributed by atoms with Crippen molar-refractivity contribution in [3.05, 3.63) is 95.1 Å². The molecule has 1 heterocycles. The number of carbonyl (C=O) groups excluding carboxylic acids is 1. The quantitative estimate of drug-likeness (QED) is 0.683. The summed E-state index contributed by atoms with van der Waals surface area (Å²) in [6.45, 7) is 0. The van der Waals surface area contributed by atoms with Crippen LogP contribution in [-0.4, -0.2) is 18.0 Å². The van der Waals surface area contributed by atoms with Gasteiger partial charge in [0, 0.05) is 11.6 Å². The number of rotatable bonds is 3. The number of hydrogen-bond donors (Lipinski definition) is 1. The Morgan fingerprint density at radius 2 is 1.74 bits per heavy atom. The third-order valence-electron chi connectivity index (χ3n) is 4.54. The normalized spacial score (nSPS) is 17.3. The van der Waals surface area contributed by atoms with E-state index in [4.69, 9.17) is 9.47 Å². The van der Waals surface area contributed by atoms with Gasteiger partial charge >= 0.3 is 0 Å². The van der Waals surface area contributed by atoms with Gasteiger partial charge in [0.05, 0.1) is 12.7 Å². The number of fused-ring (bicyclic) bond motifs is 1. The lowest BCUT2D eigenvalue weighted by Gasteiger charge is -2.28. The number of phenols is 1. The first-order valence-corrected chi connectivity index (χ1v) is 8.60. The SMILES string of the molecule is COc1ccc(C2Oc3cc(O)ccc3C(=O)/C2=C/c2ccccc2)cc1. The minimum Gasteiger partial charge on any atom is -0.508 e. The third-order valence-corrected chi connectivity index (χ3v) is 4.54. The number of ether oxygens (including phenoxy) is 2. The van der Waals surface area contributed by atoms with Gasteiger partial charge < -0.3 is 14.6 Å². The van der Waals surface area contributed by atoms with E-state index in [0.29, 0.717) is 16.9 Å².